The Labute approximate surface area is 115 Å². The third-order valence-electron chi connectivity index (χ3n) is 3.67. The molecule has 1 fully saturated rings. The van der Waals surface area contributed by atoms with Gasteiger partial charge in [-0.3, -0.25) is 0 Å². The zero-order valence-corrected chi connectivity index (χ0v) is 11.6. The van der Waals surface area contributed by atoms with E-state index in [1.807, 2.05) is 18.2 Å². The number of hydrogen-bond acceptors (Lipinski definition) is 4. The molecule has 1 aliphatic rings. The summed E-state index contributed by atoms with van der Waals surface area (Å²) >= 11 is 0. The fourth-order valence-electron chi connectivity index (χ4n) is 2.51. The minimum absolute atomic E-state index is 0.550. The predicted molar refractivity (Wildman–Crippen MR) is 78.5 cm³/mol. The van der Waals surface area contributed by atoms with Gasteiger partial charge in [0.1, 0.15) is 5.75 Å². The molecule has 0 aromatic heterocycles. The van der Waals surface area contributed by atoms with Crippen LogP contribution in [0.1, 0.15) is 39.0 Å². The van der Waals surface area contributed by atoms with Gasteiger partial charge in [-0.25, -0.2) is 0 Å². The van der Waals surface area contributed by atoms with E-state index in [2.05, 4.69) is 12.2 Å². The molecule has 19 heavy (non-hydrogen) atoms. The molecule has 1 aliphatic carbocycles. The first kappa shape index (κ1) is 14.0. The lowest BCUT2D eigenvalue weighted by atomic mass is 10.0. The molecule has 0 spiro atoms. The Balaban J connectivity index is 1.99. The summed E-state index contributed by atoms with van der Waals surface area (Å²) in [5, 5.41) is 13.6. The average molecular weight is 264 g/mol. The number of aliphatic hydroxyl groups is 1. The van der Waals surface area contributed by atoms with Crippen molar-refractivity contribution in [1.29, 1.82) is 0 Å². The fourth-order valence-corrected chi connectivity index (χ4v) is 2.51. The molecule has 1 saturated carbocycles. The number of rotatable bonds is 6. The molecule has 1 aromatic carbocycles. The van der Waals surface area contributed by atoms with Gasteiger partial charge in [-0.2, -0.15) is 0 Å². The zero-order chi connectivity index (χ0) is 13.7. The number of hydrogen-bond donors (Lipinski definition) is 3. The van der Waals surface area contributed by atoms with Gasteiger partial charge in [-0.05, 0) is 31.4 Å². The number of nitrogens with one attached hydrogen (secondary N) is 1. The van der Waals surface area contributed by atoms with Crippen molar-refractivity contribution in [2.24, 2.45) is 0 Å². The van der Waals surface area contributed by atoms with Crippen LogP contribution in [0.2, 0.25) is 0 Å². The van der Waals surface area contributed by atoms with Gasteiger partial charge in [0, 0.05) is 6.54 Å². The summed E-state index contributed by atoms with van der Waals surface area (Å²) in [4.78, 5) is 0. The highest BCUT2D eigenvalue weighted by Gasteiger charge is 2.30. The van der Waals surface area contributed by atoms with Gasteiger partial charge in [-0.1, -0.05) is 25.8 Å². The van der Waals surface area contributed by atoms with Crippen LogP contribution < -0.4 is 15.8 Å². The van der Waals surface area contributed by atoms with Gasteiger partial charge >= 0.3 is 0 Å². The third kappa shape index (κ3) is 3.53. The fraction of sp³-hybridized carbons (Fsp3) is 0.600. The van der Waals surface area contributed by atoms with Crippen LogP contribution in [0.4, 0.5) is 11.4 Å². The van der Waals surface area contributed by atoms with Crippen molar-refractivity contribution in [1.82, 2.24) is 0 Å². The summed E-state index contributed by atoms with van der Waals surface area (Å²) in [6.45, 7) is 3.28. The van der Waals surface area contributed by atoms with Crippen molar-refractivity contribution in [3.63, 3.8) is 0 Å². The summed E-state index contributed by atoms with van der Waals surface area (Å²) < 4.78 is 5.60. The summed E-state index contributed by atoms with van der Waals surface area (Å²) in [5.74, 6) is 0.713. The summed E-state index contributed by atoms with van der Waals surface area (Å²) in [7, 11) is 0. The van der Waals surface area contributed by atoms with E-state index in [1.165, 1.54) is 0 Å². The van der Waals surface area contributed by atoms with Crippen molar-refractivity contribution < 1.29 is 9.84 Å². The lowest BCUT2D eigenvalue weighted by Crippen LogP contribution is -2.33. The average Bonchev–Trinajstić information content (AvgIpc) is 2.84. The molecule has 0 heterocycles. The maximum Gasteiger partial charge on any atom is 0.144 e. The van der Waals surface area contributed by atoms with Crippen molar-refractivity contribution in [2.75, 3.05) is 24.2 Å². The van der Waals surface area contributed by atoms with Crippen LogP contribution in [-0.4, -0.2) is 23.9 Å². The van der Waals surface area contributed by atoms with Crippen LogP contribution in [0.5, 0.6) is 5.75 Å². The number of ether oxygens (including phenoxy) is 1. The number of para-hydroxylation sites is 1. The topological polar surface area (TPSA) is 67.5 Å². The van der Waals surface area contributed by atoms with Crippen LogP contribution in [0, 0.1) is 0 Å². The van der Waals surface area contributed by atoms with E-state index in [4.69, 9.17) is 10.5 Å². The van der Waals surface area contributed by atoms with Gasteiger partial charge in [-0.15, -0.1) is 0 Å². The lowest BCUT2D eigenvalue weighted by Gasteiger charge is -2.24. The van der Waals surface area contributed by atoms with Crippen molar-refractivity contribution >= 4 is 11.4 Å². The first-order valence-electron chi connectivity index (χ1n) is 7.12. The molecule has 0 unspecified atom stereocenters. The highest BCUT2D eigenvalue weighted by atomic mass is 16.5. The molecule has 0 radical (unpaired) electrons. The van der Waals surface area contributed by atoms with Gasteiger partial charge < -0.3 is 20.9 Å². The second-order valence-electron chi connectivity index (χ2n) is 5.35. The largest absolute Gasteiger partial charge is 0.491 e. The van der Waals surface area contributed by atoms with E-state index in [0.29, 0.717) is 24.6 Å². The van der Waals surface area contributed by atoms with Crippen molar-refractivity contribution in [3.05, 3.63) is 18.2 Å². The molecule has 4 heteroatoms. The molecule has 4 N–H and O–H groups in total. The SMILES string of the molecule is CCCOc1cccc(NCC2(O)CCCC2)c1N. The van der Waals surface area contributed by atoms with E-state index in [0.717, 1.165) is 37.8 Å². The Morgan fingerprint density at radius 3 is 2.79 bits per heavy atom. The Bertz CT molecular complexity index is 415. The Kier molecular flexibility index (Phi) is 4.53. The number of anilines is 2. The molecule has 0 atom stereocenters. The van der Waals surface area contributed by atoms with Crippen molar-refractivity contribution in [2.45, 2.75) is 44.6 Å². The van der Waals surface area contributed by atoms with Crippen molar-refractivity contribution in [3.8, 4) is 5.75 Å². The van der Waals surface area contributed by atoms with E-state index in [9.17, 15) is 5.11 Å². The predicted octanol–water partition coefficient (Wildman–Crippen LogP) is 2.77. The Morgan fingerprint density at radius 1 is 1.37 bits per heavy atom. The molecule has 0 saturated heterocycles. The molecule has 4 nitrogen and oxygen atoms in total. The van der Waals surface area contributed by atoms with Gasteiger partial charge in [0.2, 0.25) is 0 Å². The number of nitrogen functional groups attached to an aromatic ring is 1. The second-order valence-corrected chi connectivity index (χ2v) is 5.35. The minimum Gasteiger partial charge on any atom is -0.491 e. The Hall–Kier alpha value is -1.42. The molecule has 106 valence electrons. The van der Waals surface area contributed by atoms with Gasteiger partial charge in [0.05, 0.1) is 23.6 Å². The summed E-state index contributed by atoms with van der Waals surface area (Å²) in [5.41, 5.74) is 6.97. The molecule has 1 aromatic rings. The number of nitrogens with two attached hydrogens (primary N) is 1. The van der Waals surface area contributed by atoms with E-state index in [1.54, 1.807) is 0 Å². The summed E-state index contributed by atoms with van der Waals surface area (Å²) in [6, 6.07) is 5.72. The monoisotopic (exact) mass is 264 g/mol. The highest BCUT2D eigenvalue weighted by molar-refractivity contribution is 5.73. The summed E-state index contributed by atoms with van der Waals surface area (Å²) in [6.07, 6.45) is 4.90. The normalized spacial score (nSPS) is 17.4. The maximum atomic E-state index is 10.3. The zero-order valence-electron chi connectivity index (χ0n) is 11.6. The van der Waals surface area contributed by atoms with Crippen LogP contribution in [0.3, 0.4) is 0 Å². The quantitative estimate of drug-likeness (QED) is 0.691. The third-order valence-corrected chi connectivity index (χ3v) is 3.67. The number of benzene rings is 1. The standard InChI is InChI=1S/C15H24N2O2/c1-2-10-19-13-7-5-6-12(14(13)16)17-11-15(18)8-3-4-9-15/h5-7,17-18H,2-4,8-11,16H2,1H3. The van der Waals surface area contributed by atoms with Gasteiger partial charge in [0.15, 0.2) is 0 Å². The van der Waals surface area contributed by atoms with E-state index >= 15 is 0 Å². The van der Waals surface area contributed by atoms with E-state index in [-0.39, 0.29) is 0 Å². The van der Waals surface area contributed by atoms with Crippen LogP contribution >= 0.6 is 0 Å². The van der Waals surface area contributed by atoms with Crippen LogP contribution in [0.15, 0.2) is 18.2 Å². The molecule has 0 amide bonds. The highest BCUT2D eigenvalue weighted by Crippen LogP contribution is 2.33. The first-order valence-corrected chi connectivity index (χ1v) is 7.12. The smallest absolute Gasteiger partial charge is 0.144 e. The molecular formula is C15H24N2O2. The Morgan fingerprint density at radius 2 is 2.11 bits per heavy atom. The second kappa shape index (κ2) is 6.15. The van der Waals surface area contributed by atoms with Crippen LogP contribution in [-0.2, 0) is 0 Å². The lowest BCUT2D eigenvalue weighted by molar-refractivity contribution is 0.0615. The maximum absolute atomic E-state index is 10.3. The minimum atomic E-state index is -0.577. The van der Waals surface area contributed by atoms with E-state index < -0.39 is 5.60 Å². The molecule has 2 rings (SSSR count). The first-order chi connectivity index (χ1) is 9.14. The van der Waals surface area contributed by atoms with Crippen LogP contribution in [0.25, 0.3) is 0 Å². The molecular weight excluding hydrogens is 240 g/mol. The van der Waals surface area contributed by atoms with Gasteiger partial charge in [0.25, 0.3) is 0 Å². The molecule has 0 aliphatic heterocycles. The molecule has 0 bridgehead atoms.